The van der Waals surface area contributed by atoms with Gasteiger partial charge < -0.3 is 4.74 Å². The summed E-state index contributed by atoms with van der Waals surface area (Å²) >= 11 is 0. The molecule has 0 spiro atoms. The average molecular weight is 491 g/mol. The molecule has 7 nitrogen and oxygen atoms in total. The second-order valence-electron chi connectivity index (χ2n) is 7.50. The molecule has 0 saturated heterocycles. The van der Waals surface area contributed by atoms with Crippen molar-refractivity contribution in [3.8, 4) is 0 Å². The maximum atomic E-state index is 11.8. The van der Waals surface area contributed by atoms with E-state index < -0.39 is 38.5 Å². The minimum absolute atomic E-state index is 0.263. The molecule has 3 rings (SSSR count). The molecule has 0 radical (unpaired) electrons. The van der Waals surface area contributed by atoms with Crippen molar-refractivity contribution >= 4 is 20.2 Å². The van der Waals surface area contributed by atoms with Gasteiger partial charge in [0, 0.05) is 0 Å². The lowest BCUT2D eigenvalue weighted by Crippen LogP contribution is -2.38. The third-order valence-electron chi connectivity index (χ3n) is 4.81. The Morgan fingerprint density at radius 2 is 1.03 bits per heavy atom. The fourth-order valence-electron chi connectivity index (χ4n) is 3.54. The summed E-state index contributed by atoms with van der Waals surface area (Å²) in [5.74, 6) is 0. The van der Waals surface area contributed by atoms with Gasteiger partial charge in [-0.25, -0.2) is 0 Å². The van der Waals surface area contributed by atoms with Gasteiger partial charge >= 0.3 is 0 Å². The molecule has 33 heavy (non-hydrogen) atoms. The average Bonchev–Trinajstić information content (AvgIpc) is 2.78. The molecule has 3 aromatic rings. The molecular formula is C24H26O7S2. The molecule has 0 heterocycles. The topological polar surface area (TPSA) is 96.0 Å². The molecule has 0 aliphatic carbocycles. The fraction of sp³-hybridized carbons (Fsp3) is 0.250. The molecule has 1 unspecified atom stereocenters. The zero-order chi connectivity index (χ0) is 24.0. The Labute approximate surface area is 195 Å². The van der Waals surface area contributed by atoms with Crippen LogP contribution >= 0.6 is 0 Å². The molecule has 0 N–H and O–H groups in total. The van der Waals surface area contributed by atoms with E-state index in [0.717, 1.165) is 29.2 Å². The van der Waals surface area contributed by atoms with E-state index in [4.69, 9.17) is 13.1 Å². The summed E-state index contributed by atoms with van der Waals surface area (Å²) in [4.78, 5) is 0. The lowest BCUT2D eigenvalue weighted by Gasteiger charge is -2.36. The molecule has 9 heteroatoms. The van der Waals surface area contributed by atoms with Crippen LogP contribution in [-0.2, 0) is 38.9 Å². The Balaban J connectivity index is 2.09. The molecular weight excluding hydrogens is 464 g/mol. The van der Waals surface area contributed by atoms with Crippen LogP contribution < -0.4 is 0 Å². The van der Waals surface area contributed by atoms with Gasteiger partial charge in [0.15, 0.2) is 0 Å². The number of hydrogen-bond acceptors (Lipinski definition) is 7. The monoisotopic (exact) mass is 490 g/mol. The molecule has 176 valence electrons. The van der Waals surface area contributed by atoms with Crippen LogP contribution in [0, 0.1) is 0 Å². The summed E-state index contributed by atoms with van der Waals surface area (Å²) in [5.41, 5.74) is 1.31. The van der Waals surface area contributed by atoms with Crippen LogP contribution in [0.3, 0.4) is 0 Å². The van der Waals surface area contributed by atoms with Gasteiger partial charge in [-0.3, -0.25) is 8.37 Å². The highest BCUT2D eigenvalue weighted by Gasteiger charge is 2.38. The molecule has 3 aromatic carbocycles. The highest BCUT2D eigenvalue weighted by molar-refractivity contribution is 7.86. The van der Waals surface area contributed by atoms with E-state index in [1.807, 2.05) is 91.0 Å². The minimum Gasteiger partial charge on any atom is -0.358 e. The number of hydrogen-bond donors (Lipinski definition) is 0. The van der Waals surface area contributed by atoms with E-state index in [1.165, 1.54) is 0 Å². The standard InChI is InChI=1S/C24H26O7S2/c1-32(25,26)30-19-23(31-33(2,27)28)18-29-24(20-12-6-3-7-13-20,21-14-8-4-9-15-21)22-16-10-5-11-17-22/h3-17,23H,18-19H2,1-2H3. The number of ether oxygens (including phenoxy) is 1. The highest BCUT2D eigenvalue weighted by atomic mass is 32.2. The molecule has 1 atom stereocenters. The Bertz CT molecular complexity index is 1130. The van der Waals surface area contributed by atoms with Crippen LogP contribution in [0.15, 0.2) is 91.0 Å². The van der Waals surface area contributed by atoms with Gasteiger partial charge in [0.05, 0.1) is 25.7 Å². The first-order valence-electron chi connectivity index (χ1n) is 10.1. The molecule has 0 bridgehead atoms. The summed E-state index contributed by atoms with van der Waals surface area (Å²) in [6, 6.07) is 28.5. The number of benzene rings is 3. The molecule has 0 aliphatic rings. The van der Waals surface area contributed by atoms with Gasteiger partial charge in [0.1, 0.15) is 11.7 Å². The zero-order valence-electron chi connectivity index (χ0n) is 18.3. The van der Waals surface area contributed by atoms with E-state index >= 15 is 0 Å². The van der Waals surface area contributed by atoms with Crippen LogP contribution in [0.1, 0.15) is 16.7 Å². The lowest BCUT2D eigenvalue weighted by atomic mass is 9.80. The van der Waals surface area contributed by atoms with Crippen molar-refractivity contribution in [3.05, 3.63) is 108 Å². The Hall–Kier alpha value is -2.56. The van der Waals surface area contributed by atoms with E-state index in [2.05, 4.69) is 0 Å². The smallest absolute Gasteiger partial charge is 0.264 e. The minimum atomic E-state index is -3.91. The van der Waals surface area contributed by atoms with Crippen molar-refractivity contribution in [3.63, 3.8) is 0 Å². The summed E-state index contributed by atoms with van der Waals surface area (Å²) in [7, 11) is -7.72. The molecule has 0 fully saturated rings. The predicted molar refractivity (Wildman–Crippen MR) is 126 cm³/mol. The molecule has 0 aliphatic heterocycles. The summed E-state index contributed by atoms with van der Waals surface area (Å²) in [5, 5.41) is 0. The Morgan fingerprint density at radius 1 is 0.636 bits per heavy atom. The molecule has 0 saturated carbocycles. The summed E-state index contributed by atoms with van der Waals surface area (Å²) in [6.07, 6.45) is 0.581. The van der Waals surface area contributed by atoms with Gasteiger partial charge in [-0.15, -0.1) is 0 Å². The van der Waals surface area contributed by atoms with E-state index in [-0.39, 0.29) is 6.61 Å². The van der Waals surface area contributed by atoms with Gasteiger partial charge in [0.25, 0.3) is 20.2 Å². The quantitative estimate of drug-likeness (QED) is 0.301. The SMILES string of the molecule is CS(=O)(=O)OCC(COC(c1ccccc1)(c1ccccc1)c1ccccc1)OS(C)(=O)=O. The van der Waals surface area contributed by atoms with Crippen LogP contribution in [0.2, 0.25) is 0 Å². The maximum Gasteiger partial charge on any atom is 0.264 e. The first-order chi connectivity index (χ1) is 15.6. The van der Waals surface area contributed by atoms with Crippen LogP contribution in [0.4, 0.5) is 0 Å². The zero-order valence-corrected chi connectivity index (χ0v) is 20.0. The fourth-order valence-corrected chi connectivity index (χ4v) is 4.54. The van der Waals surface area contributed by atoms with Crippen molar-refractivity contribution in [1.82, 2.24) is 0 Å². The molecule has 0 amide bonds. The van der Waals surface area contributed by atoms with Crippen molar-refractivity contribution in [1.29, 1.82) is 0 Å². The van der Waals surface area contributed by atoms with Crippen molar-refractivity contribution in [2.75, 3.05) is 25.7 Å². The third-order valence-corrected chi connectivity index (χ3v) is 5.99. The first-order valence-corrected chi connectivity index (χ1v) is 13.8. The van der Waals surface area contributed by atoms with E-state index in [9.17, 15) is 16.8 Å². The third kappa shape index (κ3) is 6.96. The maximum absolute atomic E-state index is 11.8. The summed E-state index contributed by atoms with van der Waals surface area (Å²) < 4.78 is 63.0. The predicted octanol–water partition coefficient (Wildman–Crippen LogP) is 3.32. The van der Waals surface area contributed by atoms with Crippen LogP contribution in [-0.4, -0.2) is 48.7 Å². The van der Waals surface area contributed by atoms with E-state index in [0.29, 0.717) is 0 Å². The summed E-state index contributed by atoms with van der Waals surface area (Å²) in [6.45, 7) is -0.776. The second kappa shape index (κ2) is 10.6. The normalized spacial score (nSPS) is 13.5. The molecule has 0 aromatic heterocycles. The van der Waals surface area contributed by atoms with Gasteiger partial charge in [-0.05, 0) is 16.7 Å². The Kier molecular flexibility index (Phi) is 8.04. The van der Waals surface area contributed by atoms with Gasteiger partial charge in [0.2, 0.25) is 0 Å². The highest BCUT2D eigenvalue weighted by Crippen LogP contribution is 2.40. The van der Waals surface area contributed by atoms with Gasteiger partial charge in [-0.2, -0.15) is 16.8 Å². The lowest BCUT2D eigenvalue weighted by molar-refractivity contribution is -0.0385. The van der Waals surface area contributed by atoms with Crippen molar-refractivity contribution in [2.45, 2.75) is 11.7 Å². The van der Waals surface area contributed by atoms with Crippen molar-refractivity contribution in [2.24, 2.45) is 0 Å². The van der Waals surface area contributed by atoms with Crippen LogP contribution in [0.5, 0.6) is 0 Å². The first kappa shape index (κ1) is 25.1. The van der Waals surface area contributed by atoms with Gasteiger partial charge in [-0.1, -0.05) is 91.0 Å². The van der Waals surface area contributed by atoms with Crippen molar-refractivity contribution < 1.29 is 29.9 Å². The van der Waals surface area contributed by atoms with E-state index in [1.54, 1.807) is 0 Å². The Morgan fingerprint density at radius 3 is 1.36 bits per heavy atom. The van der Waals surface area contributed by atoms with Crippen LogP contribution in [0.25, 0.3) is 0 Å². The largest absolute Gasteiger partial charge is 0.358 e. The second-order valence-corrected chi connectivity index (χ2v) is 10.7. The number of rotatable bonds is 11.